The molecule has 24 heavy (non-hydrogen) atoms. The minimum Gasteiger partial charge on any atom is -0.489 e. The van der Waals surface area contributed by atoms with E-state index in [0.717, 1.165) is 42.9 Å². The van der Waals surface area contributed by atoms with Gasteiger partial charge in [-0.1, -0.05) is 43.2 Å². The van der Waals surface area contributed by atoms with Gasteiger partial charge in [-0.25, -0.2) is 4.79 Å². The fourth-order valence-corrected chi connectivity index (χ4v) is 2.85. The molecule has 1 aliphatic rings. The number of anilines is 1. The second kappa shape index (κ2) is 8.39. The van der Waals surface area contributed by atoms with Crippen LogP contribution in [0.2, 0.25) is 0 Å². The molecule has 0 aromatic heterocycles. The molecule has 2 aromatic rings. The molecule has 2 aromatic carbocycles. The Balaban J connectivity index is 1.51. The van der Waals surface area contributed by atoms with E-state index in [2.05, 4.69) is 5.32 Å². The van der Waals surface area contributed by atoms with Crippen molar-refractivity contribution in [2.75, 3.05) is 18.4 Å². The smallest absolute Gasteiger partial charge is 0.321 e. The fraction of sp³-hybridized carbons (Fsp3) is 0.350. The van der Waals surface area contributed by atoms with E-state index in [1.165, 1.54) is 12.8 Å². The number of urea groups is 1. The van der Waals surface area contributed by atoms with Gasteiger partial charge in [-0.3, -0.25) is 0 Å². The molecule has 1 N–H and O–H groups in total. The van der Waals surface area contributed by atoms with E-state index in [1.807, 2.05) is 59.5 Å². The number of nitrogens with zero attached hydrogens (tertiary/aromatic N) is 1. The Morgan fingerprint density at radius 3 is 2.25 bits per heavy atom. The zero-order chi connectivity index (χ0) is 16.6. The van der Waals surface area contributed by atoms with Crippen LogP contribution in [-0.4, -0.2) is 24.0 Å². The molecule has 0 bridgehead atoms. The lowest BCUT2D eigenvalue weighted by molar-refractivity contribution is 0.214. The first-order chi connectivity index (χ1) is 11.8. The van der Waals surface area contributed by atoms with Crippen molar-refractivity contribution in [1.29, 1.82) is 0 Å². The molecule has 0 unspecified atom stereocenters. The van der Waals surface area contributed by atoms with E-state index in [0.29, 0.717) is 6.61 Å². The van der Waals surface area contributed by atoms with Crippen LogP contribution < -0.4 is 10.1 Å². The molecule has 4 nitrogen and oxygen atoms in total. The number of rotatable bonds is 4. The van der Waals surface area contributed by atoms with Crippen LogP contribution in [0.4, 0.5) is 10.5 Å². The van der Waals surface area contributed by atoms with Crippen molar-refractivity contribution in [2.24, 2.45) is 0 Å². The van der Waals surface area contributed by atoms with Crippen molar-refractivity contribution in [3.05, 3.63) is 60.2 Å². The fourth-order valence-electron chi connectivity index (χ4n) is 2.85. The van der Waals surface area contributed by atoms with Crippen molar-refractivity contribution in [2.45, 2.75) is 32.3 Å². The molecule has 4 heteroatoms. The Morgan fingerprint density at radius 2 is 1.58 bits per heavy atom. The second-order valence-corrected chi connectivity index (χ2v) is 6.13. The normalized spacial score (nSPS) is 14.8. The topological polar surface area (TPSA) is 41.6 Å². The first-order valence-corrected chi connectivity index (χ1v) is 8.64. The quantitative estimate of drug-likeness (QED) is 0.887. The third-order valence-corrected chi connectivity index (χ3v) is 4.25. The number of carbonyl (C=O) groups excluding carboxylic acids is 1. The molecular weight excluding hydrogens is 300 g/mol. The van der Waals surface area contributed by atoms with Crippen LogP contribution in [0.5, 0.6) is 5.75 Å². The zero-order valence-corrected chi connectivity index (χ0v) is 13.9. The molecule has 0 saturated carbocycles. The van der Waals surface area contributed by atoms with Crippen LogP contribution in [-0.2, 0) is 6.61 Å². The van der Waals surface area contributed by atoms with Crippen molar-refractivity contribution < 1.29 is 9.53 Å². The maximum absolute atomic E-state index is 12.3. The molecule has 1 heterocycles. The third-order valence-electron chi connectivity index (χ3n) is 4.25. The van der Waals surface area contributed by atoms with Gasteiger partial charge in [-0.05, 0) is 42.7 Å². The first kappa shape index (κ1) is 16.4. The highest BCUT2D eigenvalue weighted by atomic mass is 16.5. The van der Waals surface area contributed by atoms with Gasteiger partial charge in [0, 0.05) is 18.8 Å². The maximum atomic E-state index is 12.3. The summed E-state index contributed by atoms with van der Waals surface area (Å²) in [6.45, 7) is 2.24. The van der Waals surface area contributed by atoms with Crippen LogP contribution in [0.1, 0.15) is 31.2 Å². The summed E-state index contributed by atoms with van der Waals surface area (Å²) in [4.78, 5) is 14.2. The van der Waals surface area contributed by atoms with Crippen molar-refractivity contribution in [3.63, 3.8) is 0 Å². The number of benzene rings is 2. The average molecular weight is 324 g/mol. The van der Waals surface area contributed by atoms with Crippen LogP contribution in [0.3, 0.4) is 0 Å². The molecule has 2 amide bonds. The van der Waals surface area contributed by atoms with Gasteiger partial charge < -0.3 is 15.0 Å². The van der Waals surface area contributed by atoms with Crippen molar-refractivity contribution in [1.82, 2.24) is 4.90 Å². The van der Waals surface area contributed by atoms with E-state index in [-0.39, 0.29) is 6.03 Å². The van der Waals surface area contributed by atoms with Gasteiger partial charge >= 0.3 is 6.03 Å². The molecule has 126 valence electrons. The summed E-state index contributed by atoms with van der Waals surface area (Å²) < 4.78 is 5.76. The van der Waals surface area contributed by atoms with Gasteiger partial charge in [0.15, 0.2) is 0 Å². The predicted octanol–water partition coefficient (Wildman–Crippen LogP) is 4.67. The van der Waals surface area contributed by atoms with Crippen molar-refractivity contribution >= 4 is 11.7 Å². The summed E-state index contributed by atoms with van der Waals surface area (Å²) >= 11 is 0. The summed E-state index contributed by atoms with van der Waals surface area (Å²) in [5.41, 5.74) is 1.94. The largest absolute Gasteiger partial charge is 0.489 e. The summed E-state index contributed by atoms with van der Waals surface area (Å²) in [6, 6.07) is 17.6. The number of hydrogen-bond donors (Lipinski definition) is 1. The minimum atomic E-state index is -0.00476. The van der Waals surface area contributed by atoms with Crippen molar-refractivity contribution in [3.8, 4) is 5.75 Å². The van der Waals surface area contributed by atoms with Gasteiger partial charge in [-0.15, -0.1) is 0 Å². The lowest BCUT2D eigenvalue weighted by Crippen LogP contribution is -2.35. The Bertz CT molecular complexity index is 632. The van der Waals surface area contributed by atoms with Crippen LogP contribution >= 0.6 is 0 Å². The molecule has 0 spiro atoms. The number of nitrogens with one attached hydrogen (secondary N) is 1. The minimum absolute atomic E-state index is 0.00476. The van der Waals surface area contributed by atoms with Gasteiger partial charge in [0.1, 0.15) is 12.4 Å². The number of ether oxygens (including phenoxy) is 1. The second-order valence-electron chi connectivity index (χ2n) is 6.13. The highest BCUT2D eigenvalue weighted by Crippen LogP contribution is 2.18. The summed E-state index contributed by atoms with van der Waals surface area (Å²) in [5, 5.41) is 2.97. The summed E-state index contributed by atoms with van der Waals surface area (Å²) in [7, 11) is 0. The van der Waals surface area contributed by atoms with Gasteiger partial charge in [0.25, 0.3) is 0 Å². The Hall–Kier alpha value is -2.49. The molecule has 1 saturated heterocycles. The molecule has 3 rings (SSSR count). The van der Waals surface area contributed by atoms with E-state index in [4.69, 9.17) is 4.74 Å². The lowest BCUT2D eigenvalue weighted by atomic mass is 10.2. The van der Waals surface area contributed by atoms with Crippen LogP contribution in [0, 0.1) is 0 Å². The predicted molar refractivity (Wildman–Crippen MR) is 96.3 cm³/mol. The standard InChI is InChI=1S/C20H24N2O2/c23-20(22-14-6-1-2-7-15-22)21-18-10-12-19(13-11-18)24-16-17-8-4-3-5-9-17/h3-5,8-13H,1-2,6-7,14-16H2,(H,21,23). The highest BCUT2D eigenvalue weighted by Gasteiger charge is 2.15. The van der Waals surface area contributed by atoms with E-state index >= 15 is 0 Å². The Morgan fingerprint density at radius 1 is 0.917 bits per heavy atom. The highest BCUT2D eigenvalue weighted by molar-refractivity contribution is 5.89. The molecule has 1 aliphatic heterocycles. The van der Waals surface area contributed by atoms with E-state index in [1.54, 1.807) is 0 Å². The SMILES string of the molecule is O=C(Nc1ccc(OCc2ccccc2)cc1)N1CCCCCC1. The van der Waals surface area contributed by atoms with Gasteiger partial charge in [-0.2, -0.15) is 0 Å². The lowest BCUT2D eigenvalue weighted by Gasteiger charge is -2.20. The molecule has 0 radical (unpaired) electrons. The van der Waals surface area contributed by atoms with E-state index < -0.39 is 0 Å². The molecule has 0 aliphatic carbocycles. The summed E-state index contributed by atoms with van der Waals surface area (Å²) in [6.07, 6.45) is 4.63. The molecule has 1 fully saturated rings. The Labute approximate surface area is 143 Å². The summed E-state index contributed by atoms with van der Waals surface area (Å²) in [5.74, 6) is 0.798. The zero-order valence-electron chi connectivity index (χ0n) is 13.9. The number of likely N-dealkylation sites (tertiary alicyclic amines) is 1. The number of amides is 2. The molecular formula is C20H24N2O2. The van der Waals surface area contributed by atoms with Gasteiger partial charge in [0.05, 0.1) is 0 Å². The third kappa shape index (κ3) is 4.75. The first-order valence-electron chi connectivity index (χ1n) is 8.64. The molecule has 0 atom stereocenters. The van der Waals surface area contributed by atoms with Crippen LogP contribution in [0.25, 0.3) is 0 Å². The maximum Gasteiger partial charge on any atom is 0.321 e. The van der Waals surface area contributed by atoms with Crippen LogP contribution in [0.15, 0.2) is 54.6 Å². The monoisotopic (exact) mass is 324 g/mol. The van der Waals surface area contributed by atoms with Gasteiger partial charge in [0.2, 0.25) is 0 Å². The van der Waals surface area contributed by atoms with E-state index in [9.17, 15) is 4.79 Å². The Kier molecular flexibility index (Phi) is 5.72. The average Bonchev–Trinajstić information content (AvgIpc) is 2.91. The number of carbonyl (C=O) groups is 1. The number of hydrogen-bond acceptors (Lipinski definition) is 2.